The third-order valence-electron chi connectivity index (χ3n) is 4.37. The molecule has 0 saturated heterocycles. The lowest BCUT2D eigenvalue weighted by atomic mass is 9.95. The van der Waals surface area contributed by atoms with Crippen molar-refractivity contribution < 1.29 is 4.74 Å². The van der Waals surface area contributed by atoms with Crippen molar-refractivity contribution in [3.63, 3.8) is 0 Å². The molecule has 1 aromatic heterocycles. The fourth-order valence-electron chi connectivity index (χ4n) is 3.13. The quantitative estimate of drug-likeness (QED) is 0.541. The lowest BCUT2D eigenvalue weighted by molar-refractivity contribution is 0.293. The number of pyridine rings is 1. The number of anilines is 1. The van der Waals surface area contributed by atoms with Crippen LogP contribution in [0, 0.1) is 17.2 Å². The molecular weight excluding hydrogens is 326 g/mol. The molecule has 0 unspecified atom stereocenters. The first-order valence-electron chi connectivity index (χ1n) is 8.76. The van der Waals surface area contributed by atoms with E-state index < -0.39 is 0 Å². The molecule has 0 radical (unpaired) electrons. The molecule has 26 heavy (non-hydrogen) atoms. The number of nitrogens with one attached hydrogen (secondary N) is 2. The number of ether oxygens (including phenoxy) is 1. The number of nitrogens with zero attached hydrogens (tertiary/aromatic N) is 2. The first kappa shape index (κ1) is 19.3. The number of amidine groups is 1. The molecule has 6 heteroatoms. The topological polar surface area (TPSA) is 108 Å². The van der Waals surface area contributed by atoms with Crippen LogP contribution in [0.2, 0.25) is 0 Å². The summed E-state index contributed by atoms with van der Waals surface area (Å²) >= 11 is 0. The summed E-state index contributed by atoms with van der Waals surface area (Å²) in [4.78, 5) is 4.29. The van der Waals surface area contributed by atoms with E-state index in [0.717, 1.165) is 24.1 Å². The van der Waals surface area contributed by atoms with Crippen molar-refractivity contribution in [3.8, 4) is 12.5 Å². The lowest BCUT2D eigenvalue weighted by Gasteiger charge is -2.25. The highest BCUT2D eigenvalue weighted by Crippen LogP contribution is 2.28. The largest absolute Gasteiger partial charge is 0.472 e. The molecule has 4 N–H and O–H groups in total. The van der Waals surface area contributed by atoms with E-state index in [2.05, 4.69) is 16.9 Å². The van der Waals surface area contributed by atoms with Gasteiger partial charge in [0.15, 0.2) is 0 Å². The van der Waals surface area contributed by atoms with Gasteiger partial charge in [-0.1, -0.05) is 49.6 Å². The monoisotopic (exact) mass is 351 g/mol. The van der Waals surface area contributed by atoms with Gasteiger partial charge in [-0.25, -0.2) is 10.2 Å². The molecule has 0 bridgehead atoms. The SMILES string of the molecule is C#N.N=C(N)c1c(NC2CCCCC2)ccnc1OCc1ccccc1. The van der Waals surface area contributed by atoms with E-state index in [9.17, 15) is 0 Å². The molecule has 0 atom stereocenters. The van der Waals surface area contributed by atoms with Gasteiger partial charge in [0.05, 0.1) is 5.69 Å². The van der Waals surface area contributed by atoms with Crippen LogP contribution in [0.4, 0.5) is 5.69 Å². The van der Waals surface area contributed by atoms with Crippen molar-refractivity contribution >= 4 is 11.5 Å². The Bertz CT molecular complexity index is 723. The highest BCUT2D eigenvalue weighted by molar-refractivity contribution is 6.02. The first-order valence-corrected chi connectivity index (χ1v) is 8.76. The highest BCUT2D eigenvalue weighted by atomic mass is 16.5. The van der Waals surface area contributed by atoms with Gasteiger partial charge in [0.2, 0.25) is 5.88 Å². The maximum atomic E-state index is 7.94. The lowest BCUT2D eigenvalue weighted by Crippen LogP contribution is -2.25. The molecule has 3 rings (SSSR count). The summed E-state index contributed by atoms with van der Waals surface area (Å²) in [6, 6.07) is 12.2. The van der Waals surface area contributed by atoms with Gasteiger partial charge < -0.3 is 15.8 Å². The van der Waals surface area contributed by atoms with Crippen LogP contribution in [-0.4, -0.2) is 16.9 Å². The van der Waals surface area contributed by atoms with Gasteiger partial charge in [0, 0.05) is 18.8 Å². The summed E-state index contributed by atoms with van der Waals surface area (Å²) in [5, 5.41) is 18.0. The maximum Gasteiger partial charge on any atom is 0.226 e. The minimum absolute atomic E-state index is 0.0236. The third-order valence-corrected chi connectivity index (χ3v) is 4.37. The summed E-state index contributed by atoms with van der Waals surface area (Å²) < 4.78 is 5.84. The number of rotatable bonds is 6. The normalized spacial score (nSPS) is 13.9. The zero-order valence-electron chi connectivity index (χ0n) is 14.8. The molecule has 0 spiro atoms. The number of aromatic nitrogens is 1. The van der Waals surface area contributed by atoms with E-state index in [1.165, 1.54) is 19.3 Å². The molecule has 1 aliphatic carbocycles. The zero-order valence-corrected chi connectivity index (χ0v) is 14.8. The first-order chi connectivity index (χ1) is 12.7. The molecule has 1 aromatic carbocycles. The number of nitrogen functional groups attached to an aromatic ring is 1. The molecule has 0 aliphatic heterocycles. The van der Waals surface area contributed by atoms with Crippen LogP contribution >= 0.6 is 0 Å². The number of benzene rings is 1. The van der Waals surface area contributed by atoms with Crippen LogP contribution in [0.3, 0.4) is 0 Å². The fraction of sp³-hybridized carbons (Fsp3) is 0.350. The second kappa shape index (κ2) is 10.0. The van der Waals surface area contributed by atoms with E-state index in [1.54, 1.807) is 6.20 Å². The predicted molar refractivity (Wildman–Crippen MR) is 103 cm³/mol. The molecule has 1 saturated carbocycles. The Hall–Kier alpha value is -3.07. The average Bonchev–Trinajstić information content (AvgIpc) is 2.69. The molecule has 2 aromatic rings. The number of hydrogen-bond acceptors (Lipinski definition) is 5. The summed E-state index contributed by atoms with van der Waals surface area (Å²) in [7, 11) is 0. The van der Waals surface area contributed by atoms with Crippen molar-refractivity contribution in [2.45, 2.75) is 44.8 Å². The summed E-state index contributed by atoms with van der Waals surface area (Å²) in [5.74, 6) is 0.386. The summed E-state index contributed by atoms with van der Waals surface area (Å²) in [6.07, 6.45) is 7.81. The summed E-state index contributed by atoms with van der Waals surface area (Å²) in [5.41, 5.74) is 8.26. The Morgan fingerprint density at radius 2 is 1.88 bits per heavy atom. The Labute approximate surface area is 154 Å². The van der Waals surface area contributed by atoms with Gasteiger partial charge in [0.25, 0.3) is 0 Å². The predicted octanol–water partition coefficient (Wildman–Crippen LogP) is 3.83. The second-order valence-corrected chi connectivity index (χ2v) is 6.21. The van der Waals surface area contributed by atoms with Crippen LogP contribution < -0.4 is 15.8 Å². The van der Waals surface area contributed by atoms with Crippen molar-refractivity contribution in [3.05, 3.63) is 53.7 Å². The number of hydrogen-bond donors (Lipinski definition) is 3. The van der Waals surface area contributed by atoms with Gasteiger partial charge >= 0.3 is 0 Å². The molecule has 1 fully saturated rings. The van der Waals surface area contributed by atoms with Gasteiger partial charge in [-0.2, -0.15) is 0 Å². The van der Waals surface area contributed by atoms with E-state index in [0.29, 0.717) is 24.1 Å². The van der Waals surface area contributed by atoms with Crippen molar-refractivity contribution in [1.29, 1.82) is 10.7 Å². The molecule has 1 heterocycles. The molecule has 136 valence electrons. The van der Waals surface area contributed by atoms with Gasteiger partial charge in [0.1, 0.15) is 18.0 Å². The minimum Gasteiger partial charge on any atom is -0.472 e. The van der Waals surface area contributed by atoms with Crippen molar-refractivity contribution in [2.24, 2.45) is 5.73 Å². The Morgan fingerprint density at radius 1 is 1.19 bits per heavy atom. The molecule has 0 amide bonds. The van der Waals surface area contributed by atoms with Crippen LogP contribution in [0.1, 0.15) is 43.2 Å². The van der Waals surface area contributed by atoms with Gasteiger partial charge in [-0.05, 0) is 24.5 Å². The summed E-state index contributed by atoms with van der Waals surface area (Å²) in [6.45, 7) is 3.90. The standard InChI is InChI=1S/C19H24N4O.CHN/c20-18(21)17-16(23-15-9-5-2-6-10-15)11-12-22-19(17)24-13-14-7-3-1-4-8-14;1-2/h1,3-4,7-8,11-12,15H,2,5-6,9-10,13H2,(H3,20,21)(H,22,23);1H. The molecular formula is C20H25N5O. The van der Waals surface area contributed by atoms with E-state index in [4.69, 9.17) is 21.1 Å². The van der Waals surface area contributed by atoms with Crippen LogP contribution in [0.15, 0.2) is 42.6 Å². The number of nitrogens with two attached hydrogens (primary N) is 1. The van der Waals surface area contributed by atoms with Crippen LogP contribution in [0.25, 0.3) is 0 Å². The van der Waals surface area contributed by atoms with E-state index in [1.807, 2.05) is 36.4 Å². The van der Waals surface area contributed by atoms with Gasteiger partial charge in [-0.3, -0.25) is 5.41 Å². The zero-order chi connectivity index (χ0) is 18.8. The molecule has 6 nitrogen and oxygen atoms in total. The number of nitriles is 1. The van der Waals surface area contributed by atoms with Crippen molar-refractivity contribution in [1.82, 2.24) is 4.98 Å². The van der Waals surface area contributed by atoms with Crippen molar-refractivity contribution in [2.75, 3.05) is 5.32 Å². The van der Waals surface area contributed by atoms with Gasteiger partial charge in [-0.15, -0.1) is 0 Å². The smallest absolute Gasteiger partial charge is 0.226 e. The Morgan fingerprint density at radius 3 is 2.54 bits per heavy atom. The minimum atomic E-state index is -0.0236. The maximum absolute atomic E-state index is 7.94. The molecule has 1 aliphatic rings. The van der Waals surface area contributed by atoms with Crippen LogP contribution in [0.5, 0.6) is 5.88 Å². The van der Waals surface area contributed by atoms with E-state index in [-0.39, 0.29) is 5.84 Å². The highest BCUT2D eigenvalue weighted by Gasteiger charge is 2.19. The second-order valence-electron chi connectivity index (χ2n) is 6.21. The third kappa shape index (κ3) is 5.21. The average molecular weight is 351 g/mol. The Kier molecular flexibility index (Phi) is 7.44. The van der Waals surface area contributed by atoms with Crippen LogP contribution in [-0.2, 0) is 6.61 Å². The Balaban J connectivity index is 0.00000117. The fourth-order valence-corrected chi connectivity index (χ4v) is 3.13. The van der Waals surface area contributed by atoms with E-state index >= 15 is 0 Å².